The Kier molecular flexibility index (Phi) is 7.18. The second-order valence-electron chi connectivity index (χ2n) is 4.78. The summed E-state index contributed by atoms with van der Waals surface area (Å²) >= 11 is 0. The molecule has 0 aromatic heterocycles. The van der Waals surface area contributed by atoms with E-state index >= 15 is 0 Å². The number of rotatable bonds is 9. The smallest absolute Gasteiger partial charge is 0.251 e. The molecule has 1 amide bonds. The number of anilines is 1. The van der Waals surface area contributed by atoms with Crippen molar-refractivity contribution in [1.29, 1.82) is 0 Å². The van der Waals surface area contributed by atoms with Crippen molar-refractivity contribution < 1.29 is 13.2 Å². The first-order valence-corrected chi connectivity index (χ1v) is 8.88. The average Bonchev–Trinajstić information content (AvgIpc) is 2.44. The molecule has 0 saturated heterocycles. The predicted octanol–water partition coefficient (Wildman–Crippen LogP) is 1.18. The predicted molar refractivity (Wildman–Crippen MR) is 85.0 cm³/mol. The standard InChI is InChI=1S/C14H23N3O3S/c1-3-9-15-13-7-5-12(6-8-13)14(18)16-10-4-11-17-21(2,19)20/h5-8,15,17H,3-4,9-11H2,1-2H3,(H,16,18). The van der Waals surface area contributed by atoms with Crippen molar-refractivity contribution >= 4 is 21.6 Å². The van der Waals surface area contributed by atoms with Gasteiger partial charge in [0.1, 0.15) is 0 Å². The molecule has 6 nitrogen and oxygen atoms in total. The molecule has 0 saturated carbocycles. The molecule has 0 atom stereocenters. The van der Waals surface area contributed by atoms with Gasteiger partial charge in [-0.25, -0.2) is 13.1 Å². The van der Waals surface area contributed by atoms with E-state index in [2.05, 4.69) is 22.3 Å². The van der Waals surface area contributed by atoms with Gasteiger partial charge < -0.3 is 10.6 Å². The molecule has 0 aliphatic heterocycles. The van der Waals surface area contributed by atoms with Gasteiger partial charge >= 0.3 is 0 Å². The fourth-order valence-electron chi connectivity index (χ4n) is 1.66. The number of sulfonamides is 1. The van der Waals surface area contributed by atoms with Crippen molar-refractivity contribution in [3.05, 3.63) is 29.8 Å². The van der Waals surface area contributed by atoms with Crippen molar-refractivity contribution in [2.45, 2.75) is 19.8 Å². The van der Waals surface area contributed by atoms with E-state index in [1.807, 2.05) is 12.1 Å². The number of carbonyl (C=O) groups excluding carboxylic acids is 1. The van der Waals surface area contributed by atoms with Gasteiger partial charge in [-0.3, -0.25) is 4.79 Å². The zero-order valence-electron chi connectivity index (χ0n) is 12.5. The van der Waals surface area contributed by atoms with E-state index in [1.54, 1.807) is 12.1 Å². The van der Waals surface area contributed by atoms with E-state index in [-0.39, 0.29) is 5.91 Å². The van der Waals surface area contributed by atoms with Gasteiger partial charge in [0, 0.05) is 30.9 Å². The van der Waals surface area contributed by atoms with Gasteiger partial charge in [-0.2, -0.15) is 0 Å². The van der Waals surface area contributed by atoms with E-state index in [0.717, 1.165) is 24.9 Å². The lowest BCUT2D eigenvalue weighted by molar-refractivity contribution is 0.0953. The molecule has 0 unspecified atom stereocenters. The van der Waals surface area contributed by atoms with Gasteiger partial charge in [0.15, 0.2) is 0 Å². The highest BCUT2D eigenvalue weighted by Gasteiger charge is 2.05. The number of carbonyl (C=O) groups is 1. The van der Waals surface area contributed by atoms with Crippen molar-refractivity contribution in [2.75, 3.05) is 31.2 Å². The molecular formula is C14H23N3O3S. The van der Waals surface area contributed by atoms with Gasteiger partial charge in [0.25, 0.3) is 5.91 Å². The number of nitrogens with one attached hydrogen (secondary N) is 3. The summed E-state index contributed by atoms with van der Waals surface area (Å²) in [6.45, 7) is 3.74. The summed E-state index contributed by atoms with van der Waals surface area (Å²) < 4.78 is 24.1. The number of benzene rings is 1. The first kappa shape index (κ1) is 17.5. The van der Waals surface area contributed by atoms with E-state index in [4.69, 9.17) is 0 Å². The summed E-state index contributed by atoms with van der Waals surface area (Å²) in [4.78, 5) is 11.9. The molecule has 0 bridgehead atoms. The molecule has 1 aromatic carbocycles. The first-order valence-electron chi connectivity index (χ1n) is 6.99. The van der Waals surface area contributed by atoms with Crippen LogP contribution in [-0.4, -0.2) is 40.2 Å². The van der Waals surface area contributed by atoms with Crippen molar-refractivity contribution in [2.24, 2.45) is 0 Å². The molecule has 1 aromatic rings. The second kappa shape index (κ2) is 8.63. The minimum absolute atomic E-state index is 0.156. The summed E-state index contributed by atoms with van der Waals surface area (Å²) in [6, 6.07) is 7.27. The Bertz CT molecular complexity index is 541. The first-order chi connectivity index (χ1) is 9.92. The summed E-state index contributed by atoms with van der Waals surface area (Å²) in [5.74, 6) is -0.156. The minimum Gasteiger partial charge on any atom is -0.385 e. The molecule has 0 aliphatic rings. The van der Waals surface area contributed by atoms with Gasteiger partial charge in [-0.1, -0.05) is 6.92 Å². The van der Waals surface area contributed by atoms with Crippen LogP contribution in [0.3, 0.4) is 0 Å². The largest absolute Gasteiger partial charge is 0.385 e. The maximum atomic E-state index is 11.9. The number of hydrogen-bond acceptors (Lipinski definition) is 4. The fraction of sp³-hybridized carbons (Fsp3) is 0.500. The maximum absolute atomic E-state index is 11.9. The third-order valence-corrected chi connectivity index (χ3v) is 3.46. The average molecular weight is 313 g/mol. The van der Waals surface area contributed by atoms with Crippen molar-refractivity contribution in [1.82, 2.24) is 10.0 Å². The molecule has 21 heavy (non-hydrogen) atoms. The second-order valence-corrected chi connectivity index (χ2v) is 6.61. The van der Waals surface area contributed by atoms with Crippen LogP contribution in [0.4, 0.5) is 5.69 Å². The quantitative estimate of drug-likeness (QED) is 0.597. The monoisotopic (exact) mass is 313 g/mol. The molecule has 0 spiro atoms. The highest BCUT2D eigenvalue weighted by Crippen LogP contribution is 2.09. The van der Waals surface area contributed by atoms with Gasteiger partial charge in [-0.05, 0) is 37.1 Å². The molecule has 1 rings (SSSR count). The third kappa shape index (κ3) is 7.67. The van der Waals surface area contributed by atoms with Crippen LogP contribution in [0.5, 0.6) is 0 Å². The molecule has 7 heteroatoms. The highest BCUT2D eigenvalue weighted by molar-refractivity contribution is 7.88. The van der Waals surface area contributed by atoms with E-state index < -0.39 is 10.0 Å². The normalized spacial score (nSPS) is 11.1. The third-order valence-electron chi connectivity index (χ3n) is 2.73. The Morgan fingerprint density at radius 1 is 1.10 bits per heavy atom. The topological polar surface area (TPSA) is 87.3 Å². The Morgan fingerprint density at radius 2 is 1.76 bits per heavy atom. The Labute approximate surface area is 126 Å². The van der Waals surface area contributed by atoms with Crippen LogP contribution in [0, 0.1) is 0 Å². The molecule has 0 radical (unpaired) electrons. The van der Waals surface area contributed by atoms with E-state index in [1.165, 1.54) is 0 Å². The summed E-state index contributed by atoms with van der Waals surface area (Å²) in [7, 11) is -3.16. The van der Waals surface area contributed by atoms with Crippen LogP contribution in [0.25, 0.3) is 0 Å². The van der Waals surface area contributed by atoms with Crippen LogP contribution >= 0.6 is 0 Å². The maximum Gasteiger partial charge on any atom is 0.251 e. The van der Waals surface area contributed by atoms with Crippen LogP contribution in [0.1, 0.15) is 30.1 Å². The SMILES string of the molecule is CCCNc1ccc(C(=O)NCCCNS(C)(=O)=O)cc1. The molecule has 3 N–H and O–H groups in total. The van der Waals surface area contributed by atoms with Gasteiger partial charge in [-0.15, -0.1) is 0 Å². The van der Waals surface area contributed by atoms with Crippen molar-refractivity contribution in [3.8, 4) is 0 Å². The molecule has 0 heterocycles. The fourth-order valence-corrected chi connectivity index (χ4v) is 2.17. The Balaban J connectivity index is 2.31. The van der Waals surface area contributed by atoms with Crippen LogP contribution in [0.15, 0.2) is 24.3 Å². The van der Waals surface area contributed by atoms with E-state index in [0.29, 0.717) is 25.1 Å². The number of amides is 1. The van der Waals surface area contributed by atoms with Crippen LogP contribution < -0.4 is 15.4 Å². The Morgan fingerprint density at radius 3 is 2.33 bits per heavy atom. The highest BCUT2D eigenvalue weighted by atomic mass is 32.2. The number of hydrogen-bond donors (Lipinski definition) is 3. The van der Waals surface area contributed by atoms with Gasteiger partial charge in [0.05, 0.1) is 6.26 Å². The summed E-state index contributed by atoms with van der Waals surface area (Å²) in [6.07, 6.45) is 2.71. The lowest BCUT2D eigenvalue weighted by Crippen LogP contribution is -2.29. The lowest BCUT2D eigenvalue weighted by atomic mass is 10.2. The minimum atomic E-state index is -3.16. The Hall–Kier alpha value is -1.60. The van der Waals surface area contributed by atoms with Crippen molar-refractivity contribution in [3.63, 3.8) is 0 Å². The van der Waals surface area contributed by atoms with Crippen LogP contribution in [-0.2, 0) is 10.0 Å². The lowest BCUT2D eigenvalue weighted by Gasteiger charge is -2.07. The van der Waals surface area contributed by atoms with E-state index in [9.17, 15) is 13.2 Å². The zero-order chi connectivity index (χ0) is 15.7. The van der Waals surface area contributed by atoms with Crippen LogP contribution in [0.2, 0.25) is 0 Å². The molecule has 118 valence electrons. The molecule has 0 aliphatic carbocycles. The molecular weight excluding hydrogens is 290 g/mol. The summed E-state index contributed by atoms with van der Waals surface area (Å²) in [5, 5.41) is 5.99. The van der Waals surface area contributed by atoms with Gasteiger partial charge in [0.2, 0.25) is 10.0 Å². The zero-order valence-corrected chi connectivity index (χ0v) is 13.3. The summed E-state index contributed by atoms with van der Waals surface area (Å²) in [5.41, 5.74) is 1.58. The molecule has 0 fully saturated rings.